The van der Waals surface area contributed by atoms with Crippen molar-refractivity contribution in [3.05, 3.63) is 71.8 Å². The summed E-state index contributed by atoms with van der Waals surface area (Å²) in [5.41, 5.74) is 6.95. The van der Waals surface area contributed by atoms with Crippen LogP contribution >= 0.6 is 12.6 Å². The Morgan fingerprint density at radius 2 is 1.14 bits per heavy atom. The molecule has 0 saturated heterocycles. The van der Waals surface area contributed by atoms with Gasteiger partial charge in [0, 0.05) is 18.6 Å². The van der Waals surface area contributed by atoms with Gasteiger partial charge in [0.15, 0.2) is 0 Å². The number of nitrogens with one attached hydrogen (secondary N) is 3. The predicted octanol–water partition coefficient (Wildman–Crippen LogP) is -0.257. The lowest BCUT2D eigenvalue weighted by Crippen LogP contribution is -2.58. The van der Waals surface area contributed by atoms with Gasteiger partial charge in [-0.2, -0.15) is 12.6 Å². The van der Waals surface area contributed by atoms with E-state index in [4.69, 9.17) is 5.73 Å². The molecule has 12 heteroatoms. The van der Waals surface area contributed by atoms with E-state index in [2.05, 4.69) is 28.6 Å². The maximum absolute atomic E-state index is 13.2. The number of hydrogen-bond donors (Lipinski definition) is 7. The third kappa shape index (κ3) is 9.94. The molecule has 0 fully saturated rings. The third-order valence-electron chi connectivity index (χ3n) is 5.36. The van der Waals surface area contributed by atoms with Crippen LogP contribution in [0.5, 0.6) is 0 Å². The van der Waals surface area contributed by atoms with Crippen LogP contribution in [0.2, 0.25) is 0 Å². The quantitative estimate of drug-likeness (QED) is 0.163. The van der Waals surface area contributed by atoms with Gasteiger partial charge in [0.05, 0.1) is 12.5 Å². The molecule has 0 spiro atoms. The van der Waals surface area contributed by atoms with Gasteiger partial charge in [-0.05, 0) is 11.1 Å². The van der Waals surface area contributed by atoms with Crippen molar-refractivity contribution >= 4 is 42.3 Å². The molecule has 4 atom stereocenters. The van der Waals surface area contributed by atoms with Crippen LogP contribution in [0.1, 0.15) is 17.5 Å². The first-order valence-electron chi connectivity index (χ1n) is 11.4. The van der Waals surface area contributed by atoms with E-state index >= 15 is 0 Å². The molecule has 2 aromatic rings. The van der Waals surface area contributed by atoms with Crippen LogP contribution in [0.4, 0.5) is 0 Å². The molecular formula is C25H30N4O7S. The Morgan fingerprint density at radius 1 is 0.703 bits per heavy atom. The fraction of sp³-hybridized carbons (Fsp3) is 0.320. The van der Waals surface area contributed by atoms with Crippen molar-refractivity contribution in [1.29, 1.82) is 0 Å². The van der Waals surface area contributed by atoms with Gasteiger partial charge in [-0.25, -0.2) is 4.79 Å². The minimum atomic E-state index is -1.53. The Bertz CT molecular complexity index is 1080. The van der Waals surface area contributed by atoms with E-state index < -0.39 is 60.2 Å². The van der Waals surface area contributed by atoms with E-state index in [1.165, 1.54) is 0 Å². The van der Waals surface area contributed by atoms with Crippen LogP contribution in [-0.4, -0.2) is 69.8 Å². The highest BCUT2D eigenvalue weighted by atomic mass is 32.1. The predicted molar refractivity (Wildman–Crippen MR) is 138 cm³/mol. The number of carbonyl (C=O) groups is 5. The highest BCUT2D eigenvalue weighted by Gasteiger charge is 2.31. The molecule has 0 radical (unpaired) electrons. The molecule has 0 aliphatic heterocycles. The number of carboxylic acids is 2. The fourth-order valence-corrected chi connectivity index (χ4v) is 3.56. The van der Waals surface area contributed by atoms with Crippen molar-refractivity contribution in [2.24, 2.45) is 5.73 Å². The number of hydrogen-bond acceptors (Lipinski definition) is 7. The molecule has 0 saturated carbocycles. The van der Waals surface area contributed by atoms with E-state index in [-0.39, 0.29) is 18.6 Å². The highest BCUT2D eigenvalue weighted by Crippen LogP contribution is 2.08. The van der Waals surface area contributed by atoms with Crippen LogP contribution < -0.4 is 21.7 Å². The average molecular weight is 531 g/mol. The van der Waals surface area contributed by atoms with Crippen LogP contribution in [0.15, 0.2) is 60.7 Å². The second-order valence-corrected chi connectivity index (χ2v) is 8.65. The molecule has 7 N–H and O–H groups in total. The largest absolute Gasteiger partial charge is 0.481 e. The molecule has 0 aliphatic rings. The molecule has 37 heavy (non-hydrogen) atoms. The minimum absolute atomic E-state index is 0.00717. The van der Waals surface area contributed by atoms with Crippen LogP contribution in [0, 0.1) is 0 Å². The average Bonchev–Trinajstić information content (AvgIpc) is 2.87. The van der Waals surface area contributed by atoms with Gasteiger partial charge in [-0.3, -0.25) is 19.2 Å². The van der Waals surface area contributed by atoms with Crippen LogP contribution in [0.3, 0.4) is 0 Å². The van der Waals surface area contributed by atoms with E-state index in [1.54, 1.807) is 60.7 Å². The van der Waals surface area contributed by atoms with Crippen molar-refractivity contribution in [2.75, 3.05) is 5.75 Å². The zero-order chi connectivity index (χ0) is 27.4. The van der Waals surface area contributed by atoms with Crippen molar-refractivity contribution in [2.45, 2.75) is 43.4 Å². The summed E-state index contributed by atoms with van der Waals surface area (Å²) in [6.45, 7) is 0. The third-order valence-corrected chi connectivity index (χ3v) is 5.75. The Morgan fingerprint density at radius 3 is 1.59 bits per heavy atom. The molecule has 0 bridgehead atoms. The number of carboxylic acid groups (broad SMARTS) is 2. The topological polar surface area (TPSA) is 188 Å². The number of amides is 3. The van der Waals surface area contributed by atoms with Gasteiger partial charge >= 0.3 is 11.9 Å². The number of nitrogens with two attached hydrogens (primary N) is 1. The molecule has 2 rings (SSSR count). The number of aliphatic carboxylic acids is 2. The minimum Gasteiger partial charge on any atom is -0.481 e. The van der Waals surface area contributed by atoms with Gasteiger partial charge in [0.2, 0.25) is 17.7 Å². The lowest BCUT2D eigenvalue weighted by molar-refractivity contribution is -0.143. The monoisotopic (exact) mass is 530 g/mol. The molecule has 3 amide bonds. The van der Waals surface area contributed by atoms with Gasteiger partial charge in [-0.1, -0.05) is 60.7 Å². The first kappa shape index (κ1) is 29.3. The highest BCUT2D eigenvalue weighted by molar-refractivity contribution is 7.80. The number of benzene rings is 2. The molecule has 11 nitrogen and oxygen atoms in total. The molecule has 198 valence electrons. The Labute approximate surface area is 219 Å². The summed E-state index contributed by atoms with van der Waals surface area (Å²) in [5.74, 6) is -5.17. The summed E-state index contributed by atoms with van der Waals surface area (Å²) in [6.07, 6.45) is -0.768. The molecule has 2 aromatic carbocycles. The van der Waals surface area contributed by atoms with Gasteiger partial charge < -0.3 is 31.9 Å². The summed E-state index contributed by atoms with van der Waals surface area (Å²) in [7, 11) is 0. The van der Waals surface area contributed by atoms with Crippen molar-refractivity contribution < 1.29 is 34.2 Å². The second kappa shape index (κ2) is 14.6. The molecule has 0 aliphatic carbocycles. The Balaban J connectivity index is 2.25. The maximum atomic E-state index is 13.2. The van der Waals surface area contributed by atoms with Crippen LogP contribution in [-0.2, 0) is 36.8 Å². The second-order valence-electron chi connectivity index (χ2n) is 8.29. The fourth-order valence-electron chi connectivity index (χ4n) is 3.40. The number of carbonyl (C=O) groups excluding carboxylic acids is 3. The lowest BCUT2D eigenvalue weighted by atomic mass is 10.0. The normalized spacial score (nSPS) is 13.9. The number of rotatable bonds is 14. The lowest BCUT2D eigenvalue weighted by Gasteiger charge is -2.25. The van der Waals surface area contributed by atoms with Crippen molar-refractivity contribution in [1.82, 2.24) is 16.0 Å². The van der Waals surface area contributed by atoms with Gasteiger partial charge in [-0.15, -0.1) is 0 Å². The van der Waals surface area contributed by atoms with Crippen LogP contribution in [0.25, 0.3) is 0 Å². The Kier molecular flexibility index (Phi) is 11.6. The summed E-state index contributed by atoms with van der Waals surface area (Å²) in [5, 5.41) is 26.1. The van der Waals surface area contributed by atoms with E-state index in [0.29, 0.717) is 11.1 Å². The summed E-state index contributed by atoms with van der Waals surface area (Å²) in [4.78, 5) is 61.5. The van der Waals surface area contributed by atoms with Crippen molar-refractivity contribution in [3.63, 3.8) is 0 Å². The molecular weight excluding hydrogens is 500 g/mol. The molecule has 4 unspecified atom stereocenters. The smallest absolute Gasteiger partial charge is 0.326 e. The van der Waals surface area contributed by atoms with Gasteiger partial charge in [0.25, 0.3) is 0 Å². The summed E-state index contributed by atoms with van der Waals surface area (Å²) in [6, 6.07) is 12.2. The van der Waals surface area contributed by atoms with E-state index in [0.717, 1.165) is 0 Å². The zero-order valence-electron chi connectivity index (χ0n) is 19.9. The molecule has 0 heterocycles. The summed E-state index contributed by atoms with van der Waals surface area (Å²) >= 11 is 3.92. The maximum Gasteiger partial charge on any atom is 0.326 e. The van der Waals surface area contributed by atoms with Gasteiger partial charge in [0.1, 0.15) is 18.1 Å². The van der Waals surface area contributed by atoms with Crippen molar-refractivity contribution in [3.8, 4) is 0 Å². The molecule has 0 aromatic heterocycles. The first-order valence-corrected chi connectivity index (χ1v) is 12.0. The van der Waals surface area contributed by atoms with E-state index in [1.807, 2.05) is 0 Å². The Hall–Kier alpha value is -3.90. The SMILES string of the molecule is NC(CS)C(=O)NC(CC(=O)O)C(=O)NC(Cc1ccccc1)C(=O)NC(Cc1ccccc1)C(=O)O. The standard InChI is InChI=1S/C25H30N4O7S/c26-17(14-37)22(32)27-19(13-21(30)31)24(34)28-18(11-15-7-3-1-4-8-15)23(33)29-20(25(35)36)12-16-9-5-2-6-10-16/h1-10,17-20,37H,11-14,26H2,(H,27,32)(H,28,34)(H,29,33)(H,30,31)(H,35,36). The zero-order valence-corrected chi connectivity index (χ0v) is 20.8. The first-order chi connectivity index (χ1) is 17.6. The summed E-state index contributed by atoms with van der Waals surface area (Å²) < 4.78 is 0. The van der Waals surface area contributed by atoms with E-state index in [9.17, 15) is 34.2 Å². The number of thiol groups is 1.